The highest BCUT2D eigenvalue weighted by atomic mass is 32.2. The highest BCUT2D eigenvalue weighted by molar-refractivity contribution is 7.99. The molecular formula is C24H29N7O5S. The molecule has 13 heteroatoms. The van der Waals surface area contributed by atoms with Gasteiger partial charge in [0.25, 0.3) is 0 Å². The molecule has 2 atom stereocenters. The molecule has 196 valence electrons. The zero-order valence-corrected chi connectivity index (χ0v) is 21.0. The van der Waals surface area contributed by atoms with Crippen molar-refractivity contribution in [1.82, 2.24) is 20.6 Å². The molecule has 0 saturated carbocycles. The number of fused-ring (bicyclic) bond motifs is 1. The summed E-state index contributed by atoms with van der Waals surface area (Å²) in [5.74, 6) is -1.68. The quantitative estimate of drug-likeness (QED) is 0.126. The van der Waals surface area contributed by atoms with Crippen LogP contribution < -0.4 is 22.1 Å². The number of nitrogens with one attached hydrogen (secondary N) is 3. The maximum Gasteiger partial charge on any atom is 0.301 e. The number of primary amides is 1. The number of rotatable bonds is 13. The number of aromatic nitrogens is 2. The Labute approximate surface area is 217 Å². The number of benzene rings is 1. The van der Waals surface area contributed by atoms with E-state index in [4.69, 9.17) is 11.5 Å². The molecule has 0 bridgehead atoms. The average molecular weight is 528 g/mol. The number of nitrogens with two attached hydrogens (primary N) is 2. The summed E-state index contributed by atoms with van der Waals surface area (Å²) in [6, 6.07) is 8.20. The van der Waals surface area contributed by atoms with Crippen molar-refractivity contribution in [1.29, 1.82) is 0 Å². The van der Waals surface area contributed by atoms with Crippen LogP contribution >= 0.6 is 11.8 Å². The molecule has 37 heavy (non-hydrogen) atoms. The van der Waals surface area contributed by atoms with Crippen LogP contribution in [-0.2, 0) is 20.8 Å². The monoisotopic (exact) mass is 527 g/mol. The first-order chi connectivity index (χ1) is 17.7. The molecular weight excluding hydrogens is 498 g/mol. The predicted octanol–water partition coefficient (Wildman–Crippen LogP) is 1.77. The molecule has 0 aliphatic carbocycles. The molecule has 0 aliphatic rings. The van der Waals surface area contributed by atoms with Crippen molar-refractivity contribution in [2.75, 3.05) is 6.54 Å². The number of pyridine rings is 1. The first-order valence-corrected chi connectivity index (χ1v) is 12.5. The van der Waals surface area contributed by atoms with E-state index in [2.05, 4.69) is 20.6 Å². The molecule has 7 N–H and O–H groups in total. The van der Waals surface area contributed by atoms with E-state index >= 15 is 0 Å². The lowest BCUT2D eigenvalue weighted by Crippen LogP contribution is -2.53. The van der Waals surface area contributed by atoms with Gasteiger partial charge in [0.1, 0.15) is 12.1 Å². The number of nitrogens with zero attached hydrogens (tertiary/aromatic N) is 2. The Kier molecular flexibility index (Phi) is 9.57. The number of hydrogen-bond donors (Lipinski definition) is 5. The maximum atomic E-state index is 13.0. The van der Waals surface area contributed by atoms with Crippen molar-refractivity contribution in [3.63, 3.8) is 0 Å². The van der Waals surface area contributed by atoms with Gasteiger partial charge in [-0.2, -0.15) is 0 Å². The fraction of sp³-hybridized carbons (Fsp3) is 0.333. The van der Waals surface area contributed by atoms with Gasteiger partial charge in [-0.25, -0.2) is 4.98 Å². The number of aromatic amines is 1. The predicted molar refractivity (Wildman–Crippen MR) is 139 cm³/mol. The van der Waals surface area contributed by atoms with E-state index in [0.29, 0.717) is 36.4 Å². The molecule has 2 heterocycles. The third-order valence-electron chi connectivity index (χ3n) is 5.63. The van der Waals surface area contributed by atoms with Gasteiger partial charge in [-0.3, -0.25) is 24.5 Å². The minimum Gasteiger partial charge on any atom is -0.368 e. The van der Waals surface area contributed by atoms with Gasteiger partial charge >= 0.3 is 5.69 Å². The van der Waals surface area contributed by atoms with Gasteiger partial charge < -0.3 is 27.1 Å². The Morgan fingerprint density at radius 1 is 1.14 bits per heavy atom. The van der Waals surface area contributed by atoms with E-state index in [9.17, 15) is 24.5 Å². The summed E-state index contributed by atoms with van der Waals surface area (Å²) in [5.41, 5.74) is 12.4. The number of H-pyrrole nitrogens is 1. The summed E-state index contributed by atoms with van der Waals surface area (Å²) < 4.78 is 0. The Hall–Kier alpha value is -3.97. The topological polar surface area (TPSA) is 199 Å². The second kappa shape index (κ2) is 12.8. The van der Waals surface area contributed by atoms with Gasteiger partial charge in [0.05, 0.1) is 9.95 Å². The molecule has 3 amide bonds. The van der Waals surface area contributed by atoms with E-state index in [1.165, 1.54) is 25.3 Å². The minimum atomic E-state index is -1.10. The van der Waals surface area contributed by atoms with Crippen LogP contribution in [-0.4, -0.2) is 51.2 Å². The summed E-state index contributed by atoms with van der Waals surface area (Å²) in [6.07, 6.45) is 3.12. The van der Waals surface area contributed by atoms with E-state index in [1.807, 2.05) is 24.3 Å². The van der Waals surface area contributed by atoms with Crippen LogP contribution in [0.15, 0.2) is 52.6 Å². The molecule has 0 spiro atoms. The Morgan fingerprint density at radius 2 is 1.89 bits per heavy atom. The van der Waals surface area contributed by atoms with Crippen LogP contribution in [0.2, 0.25) is 0 Å². The summed E-state index contributed by atoms with van der Waals surface area (Å²) >= 11 is 1.05. The molecule has 2 aromatic heterocycles. The van der Waals surface area contributed by atoms with Crippen LogP contribution in [0.25, 0.3) is 10.9 Å². The highest BCUT2D eigenvalue weighted by Gasteiger charge is 2.28. The van der Waals surface area contributed by atoms with E-state index in [0.717, 1.165) is 22.7 Å². The Bertz CT molecular complexity index is 1300. The van der Waals surface area contributed by atoms with Crippen molar-refractivity contribution in [2.45, 2.75) is 54.7 Å². The molecule has 0 unspecified atom stereocenters. The number of carbonyl (C=O) groups excluding carboxylic acids is 3. The number of hydrogen-bond acceptors (Lipinski definition) is 8. The van der Waals surface area contributed by atoms with Crippen molar-refractivity contribution in [2.24, 2.45) is 11.5 Å². The highest BCUT2D eigenvalue weighted by Crippen LogP contribution is 2.37. The van der Waals surface area contributed by atoms with E-state index < -0.39 is 28.8 Å². The number of amides is 3. The number of unbranched alkanes of at least 4 members (excludes halogenated alkanes) is 1. The maximum absolute atomic E-state index is 13.0. The fourth-order valence-corrected chi connectivity index (χ4v) is 4.90. The SMILES string of the molecule is CC(=O)N[C@@H](CCCCN)C(=O)N[C@@H](Cc1c(Sc2ncccc2[N+](=O)[O-])[nH]c2ccccc12)C(N)=O. The molecule has 0 fully saturated rings. The number of para-hydroxylation sites is 1. The molecule has 3 rings (SSSR count). The zero-order chi connectivity index (χ0) is 26.9. The summed E-state index contributed by atoms with van der Waals surface area (Å²) in [5, 5.41) is 18.2. The van der Waals surface area contributed by atoms with E-state index in [1.54, 1.807) is 0 Å². The van der Waals surface area contributed by atoms with Crippen molar-refractivity contribution in [3.8, 4) is 0 Å². The number of nitro groups is 1. The lowest BCUT2D eigenvalue weighted by atomic mass is 10.0. The van der Waals surface area contributed by atoms with Gasteiger partial charge in [0, 0.05) is 36.5 Å². The lowest BCUT2D eigenvalue weighted by molar-refractivity contribution is -0.388. The minimum absolute atomic E-state index is 0.0175. The molecule has 3 aromatic rings. The molecule has 1 aromatic carbocycles. The molecule has 0 radical (unpaired) electrons. The average Bonchev–Trinajstić information content (AvgIpc) is 3.19. The second-order valence-electron chi connectivity index (χ2n) is 8.37. The van der Waals surface area contributed by atoms with Crippen molar-refractivity contribution >= 4 is 46.1 Å². The van der Waals surface area contributed by atoms with Crippen LogP contribution in [0.5, 0.6) is 0 Å². The summed E-state index contributed by atoms with van der Waals surface area (Å²) in [7, 11) is 0. The van der Waals surface area contributed by atoms with Crippen molar-refractivity contribution in [3.05, 3.63) is 58.3 Å². The molecule has 0 saturated heterocycles. The second-order valence-corrected chi connectivity index (χ2v) is 9.37. The van der Waals surface area contributed by atoms with Gasteiger partial charge in [0.15, 0.2) is 5.03 Å². The van der Waals surface area contributed by atoms with Crippen LogP contribution in [0.3, 0.4) is 0 Å². The summed E-state index contributed by atoms with van der Waals surface area (Å²) in [4.78, 5) is 55.4. The first-order valence-electron chi connectivity index (χ1n) is 11.6. The first kappa shape index (κ1) is 27.6. The zero-order valence-electron chi connectivity index (χ0n) is 20.2. The number of carbonyl (C=O) groups is 3. The van der Waals surface area contributed by atoms with Crippen LogP contribution in [0.1, 0.15) is 31.7 Å². The Morgan fingerprint density at radius 3 is 2.57 bits per heavy atom. The standard InChI is InChI=1S/C24H29N7O5S/c1-14(32)28-18(9-4-5-11-25)22(34)29-19(21(26)33)13-16-15-7-2-3-8-17(15)30-23(16)37-24-20(31(35)36)10-6-12-27-24/h2-3,6-8,10,12,18-19,30H,4-5,9,11,13,25H2,1H3,(H2,26,33)(H,28,32)(H,29,34)/t18-,19-/m0/s1. The smallest absolute Gasteiger partial charge is 0.301 e. The van der Waals surface area contributed by atoms with Crippen LogP contribution in [0.4, 0.5) is 5.69 Å². The van der Waals surface area contributed by atoms with Crippen LogP contribution in [0, 0.1) is 10.1 Å². The van der Waals surface area contributed by atoms with Gasteiger partial charge in [-0.05, 0) is 55.3 Å². The summed E-state index contributed by atoms with van der Waals surface area (Å²) in [6.45, 7) is 1.76. The Balaban J connectivity index is 1.91. The van der Waals surface area contributed by atoms with E-state index in [-0.39, 0.29) is 23.0 Å². The molecule has 0 aliphatic heterocycles. The third-order valence-corrected chi connectivity index (χ3v) is 6.69. The molecule has 12 nitrogen and oxygen atoms in total. The normalized spacial score (nSPS) is 12.6. The largest absolute Gasteiger partial charge is 0.368 e. The third kappa shape index (κ3) is 7.27. The lowest BCUT2D eigenvalue weighted by Gasteiger charge is -2.22. The fourth-order valence-electron chi connectivity index (χ4n) is 3.87. The van der Waals surface area contributed by atoms with Gasteiger partial charge in [-0.1, -0.05) is 18.2 Å². The van der Waals surface area contributed by atoms with Gasteiger partial charge in [0.2, 0.25) is 17.7 Å². The van der Waals surface area contributed by atoms with Crippen molar-refractivity contribution < 1.29 is 19.3 Å². The van der Waals surface area contributed by atoms with Gasteiger partial charge in [-0.15, -0.1) is 0 Å².